The second-order valence-corrected chi connectivity index (χ2v) is 9.08. The molecule has 0 bridgehead atoms. The van der Waals surface area contributed by atoms with Gasteiger partial charge in [0.2, 0.25) is 11.7 Å². The van der Waals surface area contributed by atoms with Crippen molar-refractivity contribution >= 4 is 40.8 Å². The van der Waals surface area contributed by atoms with E-state index >= 15 is 0 Å². The van der Waals surface area contributed by atoms with Gasteiger partial charge in [0.1, 0.15) is 5.03 Å². The van der Waals surface area contributed by atoms with Gasteiger partial charge in [-0.2, -0.15) is 8.78 Å². The summed E-state index contributed by atoms with van der Waals surface area (Å²) < 4.78 is 30.1. The number of halogens is 2. The summed E-state index contributed by atoms with van der Waals surface area (Å²) in [6, 6.07) is 6.03. The van der Waals surface area contributed by atoms with Crippen LogP contribution in [0, 0.1) is 5.41 Å². The number of rotatable bonds is 8. The summed E-state index contributed by atoms with van der Waals surface area (Å²) in [6.45, 7) is 5.16. The molecule has 0 atom stereocenters. The third-order valence-corrected chi connectivity index (χ3v) is 5.42. The second kappa shape index (κ2) is 9.93. The van der Waals surface area contributed by atoms with E-state index in [1.54, 1.807) is 32.9 Å². The molecule has 1 N–H and O–H groups in total. The zero-order valence-electron chi connectivity index (χ0n) is 16.0. The van der Waals surface area contributed by atoms with Gasteiger partial charge in [-0.3, -0.25) is 9.59 Å². The van der Waals surface area contributed by atoms with Gasteiger partial charge in [-0.1, -0.05) is 20.8 Å². The number of ether oxygens (including phenoxy) is 1. The number of ketones is 1. The number of nitrogens with zero attached hydrogens (tertiary/aromatic N) is 1. The second-order valence-electron chi connectivity index (χ2n) is 6.93. The molecule has 0 spiro atoms. The van der Waals surface area contributed by atoms with Crippen LogP contribution in [0.5, 0.6) is 0 Å². The van der Waals surface area contributed by atoms with Gasteiger partial charge in [0.05, 0.1) is 17.0 Å². The lowest BCUT2D eigenvalue weighted by atomic mass is 9.96. The summed E-state index contributed by atoms with van der Waals surface area (Å²) in [6.07, 6.45) is 1.29. The van der Waals surface area contributed by atoms with E-state index < -0.39 is 29.5 Å². The van der Waals surface area contributed by atoms with Crippen LogP contribution in [0.1, 0.15) is 45.7 Å². The number of carbonyl (C=O) groups excluding carboxylic acids is 3. The maximum atomic E-state index is 12.6. The maximum absolute atomic E-state index is 12.6. The number of carbonyl (C=O) groups is 3. The smallest absolute Gasteiger partial charge is 0.341 e. The number of hydrogen-bond acceptors (Lipinski definition) is 7. The van der Waals surface area contributed by atoms with E-state index in [1.165, 1.54) is 29.7 Å². The third-order valence-electron chi connectivity index (χ3n) is 3.57. The van der Waals surface area contributed by atoms with E-state index in [-0.39, 0.29) is 34.8 Å². The molecule has 6 nitrogen and oxygen atoms in total. The van der Waals surface area contributed by atoms with Crippen LogP contribution in [-0.4, -0.2) is 35.0 Å². The lowest BCUT2D eigenvalue weighted by Crippen LogP contribution is -2.34. The minimum absolute atomic E-state index is 0.110. The van der Waals surface area contributed by atoms with Crippen molar-refractivity contribution in [2.24, 2.45) is 5.41 Å². The highest BCUT2D eigenvalue weighted by Crippen LogP contribution is 2.27. The SMILES string of the molecule is CC(C)(C)C(=O)NCc1ccc(C(=O)COC(=O)c2cccnc2SC(F)F)s1. The molecule has 1 amide bonds. The number of aromatic nitrogens is 1. The summed E-state index contributed by atoms with van der Waals surface area (Å²) in [5, 5.41) is 2.63. The highest BCUT2D eigenvalue weighted by Gasteiger charge is 2.22. The molecule has 0 fully saturated rings. The Morgan fingerprint density at radius 2 is 1.97 bits per heavy atom. The van der Waals surface area contributed by atoms with Crippen molar-refractivity contribution in [1.82, 2.24) is 10.3 Å². The number of alkyl halides is 2. The predicted molar refractivity (Wildman–Crippen MR) is 106 cm³/mol. The van der Waals surface area contributed by atoms with Gasteiger partial charge in [0, 0.05) is 16.5 Å². The lowest BCUT2D eigenvalue weighted by Gasteiger charge is -2.17. The number of esters is 1. The van der Waals surface area contributed by atoms with Crippen LogP contribution in [0.25, 0.3) is 0 Å². The quantitative estimate of drug-likeness (QED) is 0.375. The van der Waals surface area contributed by atoms with E-state index in [2.05, 4.69) is 10.3 Å². The monoisotopic (exact) mass is 442 g/mol. The molecule has 2 rings (SSSR count). The fourth-order valence-corrected chi connectivity index (χ4v) is 3.50. The van der Waals surface area contributed by atoms with E-state index in [4.69, 9.17) is 4.74 Å². The number of thioether (sulfide) groups is 1. The van der Waals surface area contributed by atoms with Crippen molar-refractivity contribution in [2.75, 3.05) is 6.61 Å². The first-order chi connectivity index (χ1) is 13.6. The van der Waals surface area contributed by atoms with E-state index in [0.717, 1.165) is 4.88 Å². The van der Waals surface area contributed by atoms with E-state index in [0.29, 0.717) is 4.88 Å². The Hall–Kier alpha value is -2.33. The molecule has 2 aromatic heterocycles. The van der Waals surface area contributed by atoms with Gasteiger partial charge >= 0.3 is 5.97 Å². The molecule has 2 aromatic rings. The highest BCUT2D eigenvalue weighted by atomic mass is 32.2. The molecule has 10 heteroatoms. The molecular weight excluding hydrogens is 422 g/mol. The van der Waals surface area contributed by atoms with Crippen LogP contribution in [-0.2, 0) is 16.1 Å². The van der Waals surface area contributed by atoms with Gasteiger partial charge in [0.15, 0.2) is 6.61 Å². The first kappa shape index (κ1) is 23.0. The number of pyridine rings is 1. The van der Waals surface area contributed by atoms with Crippen molar-refractivity contribution in [3.8, 4) is 0 Å². The molecule has 2 heterocycles. The number of hydrogen-bond donors (Lipinski definition) is 1. The highest BCUT2D eigenvalue weighted by molar-refractivity contribution is 7.99. The summed E-state index contributed by atoms with van der Waals surface area (Å²) in [5.41, 5.74) is -0.639. The molecule has 0 saturated heterocycles. The van der Waals surface area contributed by atoms with E-state index in [9.17, 15) is 23.2 Å². The number of nitrogens with one attached hydrogen (secondary N) is 1. The number of thiophene rings is 1. The summed E-state index contributed by atoms with van der Waals surface area (Å²) in [4.78, 5) is 41.2. The van der Waals surface area contributed by atoms with Crippen LogP contribution < -0.4 is 5.32 Å². The Morgan fingerprint density at radius 1 is 1.24 bits per heavy atom. The number of Topliss-reactive ketones (excluding diaryl/α,β-unsaturated/α-hetero) is 1. The first-order valence-corrected chi connectivity index (χ1v) is 10.2. The Morgan fingerprint density at radius 3 is 2.62 bits per heavy atom. The fourth-order valence-electron chi connectivity index (χ4n) is 2.06. The molecule has 0 aliphatic carbocycles. The summed E-state index contributed by atoms with van der Waals surface area (Å²) in [7, 11) is 0. The minimum Gasteiger partial charge on any atom is -0.454 e. The topological polar surface area (TPSA) is 85.4 Å². The average molecular weight is 443 g/mol. The largest absolute Gasteiger partial charge is 0.454 e. The van der Waals surface area contributed by atoms with Crippen LogP contribution in [0.15, 0.2) is 35.5 Å². The minimum atomic E-state index is -2.73. The van der Waals surface area contributed by atoms with Gasteiger partial charge in [-0.05, 0) is 36.0 Å². The van der Waals surface area contributed by atoms with E-state index in [1.807, 2.05) is 0 Å². The molecule has 0 aliphatic heterocycles. The maximum Gasteiger partial charge on any atom is 0.341 e. The average Bonchev–Trinajstić information content (AvgIpc) is 3.12. The Labute approximate surface area is 175 Å². The number of amides is 1. The zero-order chi connectivity index (χ0) is 21.6. The molecule has 0 aliphatic rings. The molecule has 0 saturated carbocycles. The Balaban J connectivity index is 1.93. The molecule has 156 valence electrons. The third kappa shape index (κ3) is 6.90. The Kier molecular flexibility index (Phi) is 7.86. The summed E-state index contributed by atoms with van der Waals surface area (Å²) >= 11 is 1.32. The van der Waals surface area contributed by atoms with Crippen molar-refractivity contribution in [1.29, 1.82) is 0 Å². The van der Waals surface area contributed by atoms with Gasteiger partial charge in [-0.15, -0.1) is 11.3 Å². The molecule has 0 radical (unpaired) electrons. The van der Waals surface area contributed by atoms with Crippen molar-refractivity contribution < 1.29 is 27.9 Å². The van der Waals surface area contributed by atoms with Crippen LogP contribution in [0.3, 0.4) is 0 Å². The fraction of sp³-hybridized carbons (Fsp3) is 0.368. The molecule has 0 unspecified atom stereocenters. The normalized spacial score (nSPS) is 11.4. The lowest BCUT2D eigenvalue weighted by molar-refractivity contribution is -0.128. The predicted octanol–water partition coefficient (Wildman–Crippen LogP) is 4.16. The van der Waals surface area contributed by atoms with Crippen molar-refractivity contribution in [2.45, 2.75) is 38.1 Å². The van der Waals surface area contributed by atoms with Gasteiger partial charge < -0.3 is 10.1 Å². The zero-order valence-corrected chi connectivity index (χ0v) is 17.7. The summed E-state index contributed by atoms with van der Waals surface area (Å²) in [5.74, 6) is -4.17. The van der Waals surface area contributed by atoms with Gasteiger partial charge in [-0.25, -0.2) is 9.78 Å². The Bertz CT molecular complexity index is 894. The van der Waals surface area contributed by atoms with Crippen LogP contribution in [0.4, 0.5) is 8.78 Å². The van der Waals surface area contributed by atoms with Crippen molar-refractivity contribution in [3.05, 3.63) is 45.8 Å². The van der Waals surface area contributed by atoms with Crippen molar-refractivity contribution in [3.63, 3.8) is 0 Å². The standard InChI is InChI=1S/C19H20F2N2O4S2/c1-19(2,3)17(26)23-9-11-6-7-14(28-11)13(24)10-27-16(25)12-5-4-8-22-15(12)29-18(20)21/h4-8,18H,9-10H2,1-3H3,(H,23,26). The molecule has 0 aromatic carbocycles. The molecule has 29 heavy (non-hydrogen) atoms. The molecular formula is C19H20F2N2O4S2. The van der Waals surface area contributed by atoms with Crippen LogP contribution >= 0.6 is 23.1 Å². The first-order valence-electron chi connectivity index (χ1n) is 8.55. The van der Waals surface area contributed by atoms with Crippen LogP contribution in [0.2, 0.25) is 0 Å². The van der Waals surface area contributed by atoms with Gasteiger partial charge in [0.25, 0.3) is 5.76 Å².